The van der Waals surface area contributed by atoms with Crippen molar-refractivity contribution in [2.45, 2.75) is 64.7 Å². The van der Waals surface area contributed by atoms with Gasteiger partial charge < -0.3 is 10.2 Å². The van der Waals surface area contributed by atoms with E-state index in [-0.39, 0.29) is 0 Å². The Hall–Kier alpha value is -0.0800. The van der Waals surface area contributed by atoms with Crippen molar-refractivity contribution in [3.63, 3.8) is 0 Å². The van der Waals surface area contributed by atoms with E-state index < -0.39 is 0 Å². The Morgan fingerprint density at radius 2 is 1.24 bits per heavy atom. The van der Waals surface area contributed by atoms with E-state index >= 15 is 0 Å². The molecule has 0 aromatic carbocycles. The van der Waals surface area contributed by atoms with Gasteiger partial charge in [-0.1, -0.05) is 51.9 Å². The van der Waals surface area contributed by atoms with Gasteiger partial charge in [-0.2, -0.15) is 0 Å². The van der Waals surface area contributed by atoms with Gasteiger partial charge in [0.25, 0.3) is 0 Å². The maximum Gasteiger partial charge on any atom is -0.00127 e. The Morgan fingerprint density at radius 1 is 0.706 bits per heavy atom. The molecule has 104 valence electrons. The minimum Gasteiger partial charge on any atom is -0.317 e. The maximum absolute atomic E-state index is 3.53. The molecular weight excluding hydrogens is 208 g/mol. The molecule has 0 bridgehead atoms. The van der Waals surface area contributed by atoms with E-state index in [1.165, 1.54) is 77.4 Å². The van der Waals surface area contributed by atoms with Crippen molar-refractivity contribution in [2.75, 3.05) is 33.7 Å². The van der Waals surface area contributed by atoms with Crippen LogP contribution in [0.1, 0.15) is 64.7 Å². The molecule has 17 heavy (non-hydrogen) atoms. The summed E-state index contributed by atoms with van der Waals surface area (Å²) < 4.78 is 0. The van der Waals surface area contributed by atoms with Gasteiger partial charge in [0.15, 0.2) is 0 Å². The van der Waals surface area contributed by atoms with Crippen LogP contribution in [0.15, 0.2) is 0 Å². The molecule has 0 fully saturated rings. The molecule has 0 aliphatic carbocycles. The lowest BCUT2D eigenvalue weighted by molar-refractivity contribution is 0.393. The Morgan fingerprint density at radius 3 is 1.82 bits per heavy atom. The van der Waals surface area contributed by atoms with Crippen molar-refractivity contribution in [1.29, 1.82) is 0 Å². The molecule has 1 N–H and O–H groups in total. The van der Waals surface area contributed by atoms with Crippen molar-refractivity contribution >= 4 is 0 Å². The standard InChI is InChI=1S/C15H34N2/c1-4-5-6-7-8-9-10-11-13-16-14-12-15-17(2)3/h16H,4-15H2,1-3H3. The minimum atomic E-state index is 1.18. The molecule has 0 rings (SSSR count). The van der Waals surface area contributed by atoms with Crippen molar-refractivity contribution in [2.24, 2.45) is 0 Å². The zero-order valence-corrected chi connectivity index (χ0v) is 12.4. The van der Waals surface area contributed by atoms with Gasteiger partial charge in [-0.25, -0.2) is 0 Å². The summed E-state index contributed by atoms with van der Waals surface area (Å²) in [6.07, 6.45) is 12.6. The lowest BCUT2D eigenvalue weighted by atomic mass is 10.1. The van der Waals surface area contributed by atoms with Crippen LogP contribution >= 0.6 is 0 Å². The number of hydrogen-bond donors (Lipinski definition) is 1. The van der Waals surface area contributed by atoms with E-state index in [9.17, 15) is 0 Å². The van der Waals surface area contributed by atoms with Crippen LogP contribution in [-0.2, 0) is 0 Å². The van der Waals surface area contributed by atoms with Gasteiger partial charge >= 0.3 is 0 Å². The molecule has 0 spiro atoms. The number of nitrogens with one attached hydrogen (secondary N) is 1. The van der Waals surface area contributed by atoms with Crippen LogP contribution in [0.25, 0.3) is 0 Å². The molecule has 2 nitrogen and oxygen atoms in total. The molecule has 0 heterocycles. The van der Waals surface area contributed by atoms with Gasteiger partial charge in [0.1, 0.15) is 0 Å². The van der Waals surface area contributed by atoms with E-state index in [2.05, 4.69) is 31.2 Å². The van der Waals surface area contributed by atoms with E-state index in [0.717, 1.165) is 0 Å². The molecule has 0 amide bonds. The smallest absolute Gasteiger partial charge is 0.00127 e. The second-order valence-corrected chi connectivity index (χ2v) is 5.38. The highest BCUT2D eigenvalue weighted by Crippen LogP contribution is 2.07. The van der Waals surface area contributed by atoms with E-state index in [1.54, 1.807) is 0 Å². The number of unbranched alkanes of at least 4 members (excludes halogenated alkanes) is 7. The van der Waals surface area contributed by atoms with Gasteiger partial charge in [-0.3, -0.25) is 0 Å². The summed E-state index contributed by atoms with van der Waals surface area (Å²) in [5.41, 5.74) is 0. The van der Waals surface area contributed by atoms with Gasteiger partial charge in [0, 0.05) is 0 Å². The van der Waals surface area contributed by atoms with Gasteiger partial charge in [-0.05, 0) is 46.6 Å². The van der Waals surface area contributed by atoms with Crippen LogP contribution in [0.4, 0.5) is 0 Å². The molecule has 0 aromatic rings. The third kappa shape index (κ3) is 15.9. The van der Waals surface area contributed by atoms with Crippen LogP contribution < -0.4 is 5.32 Å². The third-order valence-corrected chi connectivity index (χ3v) is 3.17. The molecule has 2 heteroatoms. The predicted molar refractivity (Wildman–Crippen MR) is 78.7 cm³/mol. The first-order chi connectivity index (χ1) is 8.27. The average Bonchev–Trinajstić information content (AvgIpc) is 2.30. The molecule has 0 atom stereocenters. The molecule has 0 aliphatic heterocycles. The average molecular weight is 242 g/mol. The van der Waals surface area contributed by atoms with Crippen molar-refractivity contribution in [3.8, 4) is 0 Å². The van der Waals surface area contributed by atoms with Gasteiger partial charge in [-0.15, -0.1) is 0 Å². The first kappa shape index (κ1) is 16.9. The molecule has 0 radical (unpaired) electrons. The highest BCUT2D eigenvalue weighted by molar-refractivity contribution is 4.52. The van der Waals surface area contributed by atoms with Crippen LogP contribution in [0.5, 0.6) is 0 Å². The van der Waals surface area contributed by atoms with Crippen molar-refractivity contribution in [1.82, 2.24) is 10.2 Å². The second-order valence-electron chi connectivity index (χ2n) is 5.38. The summed E-state index contributed by atoms with van der Waals surface area (Å²) in [6.45, 7) is 5.86. The SMILES string of the molecule is CCCCCCCCCCNCCCN(C)C. The molecule has 0 saturated heterocycles. The third-order valence-electron chi connectivity index (χ3n) is 3.17. The summed E-state index contributed by atoms with van der Waals surface area (Å²) in [7, 11) is 4.27. The van der Waals surface area contributed by atoms with Gasteiger partial charge in [0.05, 0.1) is 0 Å². The molecular formula is C15H34N2. The Bertz CT molecular complexity index is 135. The maximum atomic E-state index is 3.53. The zero-order chi connectivity index (χ0) is 12.8. The summed E-state index contributed by atoms with van der Waals surface area (Å²) in [5.74, 6) is 0. The fraction of sp³-hybridized carbons (Fsp3) is 1.00. The molecule has 0 unspecified atom stereocenters. The van der Waals surface area contributed by atoms with Crippen LogP contribution in [0.2, 0.25) is 0 Å². The first-order valence-corrected chi connectivity index (χ1v) is 7.62. The Balaban J connectivity index is 2.89. The fourth-order valence-electron chi connectivity index (χ4n) is 2.03. The number of nitrogens with zero attached hydrogens (tertiary/aromatic N) is 1. The molecule has 0 saturated carbocycles. The minimum absolute atomic E-state index is 1.18. The van der Waals surface area contributed by atoms with Crippen LogP contribution in [-0.4, -0.2) is 38.6 Å². The number of hydrogen-bond acceptors (Lipinski definition) is 2. The van der Waals surface area contributed by atoms with E-state index in [4.69, 9.17) is 0 Å². The topological polar surface area (TPSA) is 15.3 Å². The lowest BCUT2D eigenvalue weighted by Crippen LogP contribution is -2.22. The molecule has 0 aromatic heterocycles. The van der Waals surface area contributed by atoms with Crippen LogP contribution in [0.3, 0.4) is 0 Å². The normalized spacial score (nSPS) is 11.3. The van der Waals surface area contributed by atoms with Crippen molar-refractivity contribution < 1.29 is 0 Å². The second kappa shape index (κ2) is 14.0. The summed E-state index contributed by atoms with van der Waals surface area (Å²) in [5, 5.41) is 3.53. The molecule has 0 aliphatic rings. The lowest BCUT2D eigenvalue weighted by Gasteiger charge is -2.09. The highest BCUT2D eigenvalue weighted by atomic mass is 15.0. The fourth-order valence-corrected chi connectivity index (χ4v) is 2.03. The summed E-state index contributed by atoms with van der Waals surface area (Å²) in [6, 6.07) is 0. The quantitative estimate of drug-likeness (QED) is 0.496. The number of rotatable bonds is 13. The Labute approximate surface area is 109 Å². The van der Waals surface area contributed by atoms with Gasteiger partial charge in [0.2, 0.25) is 0 Å². The Kier molecular flexibility index (Phi) is 13.9. The predicted octanol–water partition coefficient (Wildman–Crippen LogP) is 3.67. The van der Waals surface area contributed by atoms with Crippen LogP contribution in [0, 0.1) is 0 Å². The highest BCUT2D eigenvalue weighted by Gasteiger charge is 1.93. The first-order valence-electron chi connectivity index (χ1n) is 7.62. The van der Waals surface area contributed by atoms with E-state index in [1.807, 2.05) is 0 Å². The van der Waals surface area contributed by atoms with Crippen molar-refractivity contribution in [3.05, 3.63) is 0 Å². The monoisotopic (exact) mass is 242 g/mol. The summed E-state index contributed by atoms with van der Waals surface area (Å²) >= 11 is 0. The zero-order valence-electron chi connectivity index (χ0n) is 12.4. The summed E-state index contributed by atoms with van der Waals surface area (Å²) in [4.78, 5) is 2.25. The van der Waals surface area contributed by atoms with E-state index in [0.29, 0.717) is 0 Å². The largest absolute Gasteiger partial charge is 0.317 e.